The lowest BCUT2D eigenvalue weighted by molar-refractivity contribution is -0.121. The molecule has 11 heteroatoms. The number of benzene rings is 3. The molecule has 3 N–H and O–H groups in total. The highest BCUT2D eigenvalue weighted by Crippen LogP contribution is 2.27. The monoisotopic (exact) mass is 581 g/mol. The first-order chi connectivity index (χ1) is 16.0. The van der Waals surface area contributed by atoms with Crippen LogP contribution in [0.4, 0.5) is 11.4 Å². The molecule has 0 fully saturated rings. The van der Waals surface area contributed by atoms with Gasteiger partial charge in [-0.1, -0.05) is 45.2 Å². The minimum absolute atomic E-state index is 0.0412. The topological polar surface area (TPSA) is 96.5 Å². The maximum Gasteiger partial charge on any atom is 0.264 e. The van der Waals surface area contributed by atoms with Gasteiger partial charge in [-0.05, 0) is 80.2 Å². The predicted octanol–water partition coefficient (Wildman–Crippen LogP) is 5.41. The number of carbonyl (C=O) groups excluding carboxylic acids is 1. The summed E-state index contributed by atoms with van der Waals surface area (Å²) in [5.74, 6) is -0.113. The van der Waals surface area contributed by atoms with Crippen molar-refractivity contribution in [2.75, 3.05) is 16.6 Å². The molecule has 0 saturated heterocycles. The third-order valence-corrected chi connectivity index (χ3v) is 6.93. The fourth-order valence-electron chi connectivity index (χ4n) is 2.91. The Morgan fingerprint density at radius 2 is 1.76 bits per heavy atom. The number of anilines is 2. The number of rotatable bonds is 7. The summed E-state index contributed by atoms with van der Waals surface area (Å²) >= 11 is 14.5. The summed E-state index contributed by atoms with van der Waals surface area (Å²) in [6.07, 6.45) is 0. The lowest BCUT2D eigenvalue weighted by Gasteiger charge is -2.13. The minimum Gasteiger partial charge on any atom is -0.482 e. The van der Waals surface area contributed by atoms with Crippen LogP contribution in [0.2, 0.25) is 5.02 Å². The van der Waals surface area contributed by atoms with Crippen LogP contribution in [-0.4, -0.2) is 26.0 Å². The van der Waals surface area contributed by atoms with Crippen LogP contribution < -0.4 is 20.1 Å². The summed E-state index contributed by atoms with van der Waals surface area (Å²) in [6.45, 7) is 3.49. The van der Waals surface area contributed by atoms with Crippen LogP contribution >= 0.6 is 39.7 Å². The van der Waals surface area contributed by atoms with Crippen molar-refractivity contribution in [2.45, 2.75) is 18.7 Å². The normalized spacial score (nSPS) is 10.9. The Hall–Kier alpha value is -2.66. The molecule has 0 unspecified atom stereocenters. The second-order valence-electron chi connectivity index (χ2n) is 7.31. The van der Waals surface area contributed by atoms with E-state index in [9.17, 15) is 13.2 Å². The first-order valence-electron chi connectivity index (χ1n) is 9.92. The molecule has 0 aliphatic heterocycles. The van der Waals surface area contributed by atoms with Gasteiger partial charge in [0.15, 0.2) is 11.7 Å². The van der Waals surface area contributed by atoms with Crippen LogP contribution in [-0.2, 0) is 14.8 Å². The average molecular weight is 583 g/mol. The SMILES string of the molecule is Cc1ccc(NS(=O)(=O)c2ccc(NC(=S)NC(=O)COc3ccc(Br)cc3Cl)cc2)c(C)c1. The highest BCUT2D eigenvalue weighted by Gasteiger charge is 2.16. The number of nitrogens with one attached hydrogen (secondary N) is 3. The molecule has 0 radical (unpaired) electrons. The molecule has 178 valence electrons. The highest BCUT2D eigenvalue weighted by atomic mass is 79.9. The number of ether oxygens (including phenoxy) is 1. The van der Waals surface area contributed by atoms with Gasteiger partial charge < -0.3 is 10.1 Å². The van der Waals surface area contributed by atoms with E-state index in [1.807, 2.05) is 26.0 Å². The van der Waals surface area contributed by atoms with E-state index in [2.05, 4.69) is 31.3 Å². The number of hydrogen-bond donors (Lipinski definition) is 3. The van der Waals surface area contributed by atoms with E-state index in [0.717, 1.165) is 15.6 Å². The van der Waals surface area contributed by atoms with E-state index >= 15 is 0 Å². The van der Waals surface area contributed by atoms with Crippen LogP contribution in [0.3, 0.4) is 0 Å². The molecule has 0 aliphatic rings. The summed E-state index contributed by atoms with van der Waals surface area (Å²) in [4.78, 5) is 12.2. The van der Waals surface area contributed by atoms with Crippen LogP contribution in [0.1, 0.15) is 11.1 Å². The first kappa shape index (κ1) is 26.0. The fraction of sp³-hybridized carbons (Fsp3) is 0.130. The zero-order valence-corrected chi connectivity index (χ0v) is 22.2. The molecule has 0 aliphatic carbocycles. The Morgan fingerprint density at radius 3 is 2.41 bits per heavy atom. The van der Waals surface area contributed by atoms with Crippen molar-refractivity contribution in [3.8, 4) is 5.75 Å². The van der Waals surface area contributed by atoms with Gasteiger partial charge in [-0.3, -0.25) is 14.8 Å². The van der Waals surface area contributed by atoms with Gasteiger partial charge in [-0.25, -0.2) is 8.42 Å². The molecule has 3 aromatic rings. The quantitative estimate of drug-likeness (QED) is 0.322. The van der Waals surface area contributed by atoms with Crippen LogP contribution in [0.5, 0.6) is 5.75 Å². The smallest absolute Gasteiger partial charge is 0.264 e. The molecular formula is C23H21BrClN3O4S2. The van der Waals surface area contributed by atoms with Crippen molar-refractivity contribution in [1.29, 1.82) is 0 Å². The number of aryl methyl sites for hydroxylation is 2. The maximum absolute atomic E-state index is 12.7. The molecular weight excluding hydrogens is 562 g/mol. The molecule has 3 rings (SSSR count). The molecule has 0 saturated carbocycles. The van der Waals surface area contributed by atoms with Crippen molar-refractivity contribution in [3.63, 3.8) is 0 Å². The number of sulfonamides is 1. The largest absolute Gasteiger partial charge is 0.482 e. The Morgan fingerprint density at radius 1 is 1.06 bits per heavy atom. The second-order valence-corrected chi connectivity index (χ2v) is 10.7. The van der Waals surface area contributed by atoms with E-state index in [1.54, 1.807) is 36.4 Å². The highest BCUT2D eigenvalue weighted by molar-refractivity contribution is 9.10. The van der Waals surface area contributed by atoms with Gasteiger partial charge >= 0.3 is 0 Å². The summed E-state index contributed by atoms with van der Waals surface area (Å²) in [5.41, 5.74) is 2.90. The summed E-state index contributed by atoms with van der Waals surface area (Å²) in [5, 5.41) is 5.73. The number of halogens is 2. The number of amides is 1. The molecule has 0 spiro atoms. The molecule has 34 heavy (non-hydrogen) atoms. The summed E-state index contributed by atoms with van der Waals surface area (Å²) in [6, 6.07) is 16.5. The summed E-state index contributed by atoms with van der Waals surface area (Å²) < 4.78 is 34.2. The van der Waals surface area contributed by atoms with Crippen LogP contribution in [0.15, 0.2) is 70.0 Å². The standard InChI is InChI=1S/C23H21BrClN3O4S2/c1-14-3-9-20(15(2)11-14)28-34(30,31)18-7-5-17(6-8-18)26-23(33)27-22(29)13-32-21-10-4-16(24)12-19(21)25/h3-12,28H,13H2,1-2H3,(H2,26,27,29,33). The van der Waals surface area contributed by atoms with Crippen molar-refractivity contribution >= 4 is 72.2 Å². The Kier molecular flexibility index (Phi) is 8.53. The van der Waals surface area contributed by atoms with Gasteiger partial charge in [-0.2, -0.15) is 0 Å². The van der Waals surface area contributed by atoms with Crippen molar-refractivity contribution < 1.29 is 17.9 Å². The van der Waals surface area contributed by atoms with Gasteiger partial charge in [0.2, 0.25) is 0 Å². The minimum atomic E-state index is -3.76. The number of hydrogen-bond acceptors (Lipinski definition) is 5. The summed E-state index contributed by atoms with van der Waals surface area (Å²) in [7, 11) is -3.76. The molecule has 0 bridgehead atoms. The van der Waals surface area contributed by atoms with Gasteiger partial charge in [0.05, 0.1) is 15.6 Å². The van der Waals surface area contributed by atoms with Gasteiger partial charge in [0.25, 0.3) is 15.9 Å². The molecule has 3 aromatic carbocycles. The third kappa shape index (κ3) is 7.17. The van der Waals surface area contributed by atoms with Crippen molar-refractivity contribution in [2.24, 2.45) is 0 Å². The van der Waals surface area contributed by atoms with Crippen LogP contribution in [0.25, 0.3) is 0 Å². The van der Waals surface area contributed by atoms with Gasteiger partial charge in [0.1, 0.15) is 5.75 Å². The van der Waals surface area contributed by atoms with E-state index in [0.29, 0.717) is 22.1 Å². The maximum atomic E-state index is 12.7. The molecule has 0 heterocycles. The molecule has 0 atom stereocenters. The predicted molar refractivity (Wildman–Crippen MR) is 142 cm³/mol. The Labute approximate surface area is 217 Å². The second kappa shape index (κ2) is 11.2. The van der Waals surface area contributed by atoms with Gasteiger partial charge in [0, 0.05) is 10.2 Å². The Balaban J connectivity index is 1.55. The molecule has 1 amide bonds. The van der Waals surface area contributed by atoms with Gasteiger partial charge in [-0.15, -0.1) is 0 Å². The third-order valence-electron chi connectivity index (χ3n) is 4.55. The van der Waals surface area contributed by atoms with E-state index < -0.39 is 15.9 Å². The first-order valence-corrected chi connectivity index (χ1v) is 13.0. The zero-order valence-electron chi connectivity index (χ0n) is 18.2. The lowest BCUT2D eigenvalue weighted by atomic mass is 10.1. The molecule has 0 aromatic heterocycles. The zero-order chi connectivity index (χ0) is 24.9. The fourth-order valence-corrected chi connectivity index (χ4v) is 5.00. The van der Waals surface area contributed by atoms with Crippen molar-refractivity contribution in [3.05, 3.63) is 81.3 Å². The Bertz CT molecular complexity index is 1330. The number of carbonyl (C=O) groups is 1. The van der Waals surface area contributed by atoms with Crippen LogP contribution in [0, 0.1) is 13.8 Å². The lowest BCUT2D eigenvalue weighted by Crippen LogP contribution is -2.37. The average Bonchev–Trinajstić information content (AvgIpc) is 2.75. The van der Waals surface area contributed by atoms with E-state index in [1.165, 1.54) is 12.1 Å². The number of thiocarbonyl (C=S) groups is 1. The van der Waals surface area contributed by atoms with Crippen molar-refractivity contribution in [1.82, 2.24) is 5.32 Å². The van der Waals surface area contributed by atoms with E-state index in [-0.39, 0.29) is 16.6 Å². The van der Waals surface area contributed by atoms with E-state index in [4.69, 9.17) is 28.6 Å². The molecule has 7 nitrogen and oxygen atoms in total.